The smallest absolute Gasteiger partial charge is 0.279 e. The fourth-order valence-corrected chi connectivity index (χ4v) is 9.70. The standard InChI is InChI=1S/C26H30N4O8S4/c1-11(2)35-7-9-37-15-17-18(40-25(39-17)13-21(31)27-28-22(13)32)16(38-10-8-36-12(3)4)20-19(15)41-26(42-20)14-23(33)29(5)30(6)24(14)34/h11-12H,7-10H2,1-6H3,(H,27,31)(H,28,32). The van der Waals surface area contributed by atoms with Gasteiger partial charge in [0.05, 0.1) is 53.5 Å². The topological polar surface area (TPSA) is 136 Å². The molecule has 0 unspecified atom stereocenters. The summed E-state index contributed by atoms with van der Waals surface area (Å²) in [6, 6.07) is 0. The first kappa shape index (κ1) is 30.9. The molecule has 42 heavy (non-hydrogen) atoms. The van der Waals surface area contributed by atoms with Crippen molar-refractivity contribution in [1.82, 2.24) is 20.9 Å². The van der Waals surface area contributed by atoms with Gasteiger partial charge in [0.2, 0.25) is 0 Å². The number of nitrogens with one attached hydrogen (secondary N) is 2. The first-order chi connectivity index (χ1) is 20.0. The number of likely N-dealkylation sites (N-methyl/N-ethyl adjacent to an activating group) is 2. The minimum atomic E-state index is -0.516. The largest absolute Gasteiger partial charge is 0.489 e. The van der Waals surface area contributed by atoms with Crippen LogP contribution in [-0.4, -0.2) is 86.4 Å². The second kappa shape index (κ2) is 12.6. The van der Waals surface area contributed by atoms with Crippen molar-refractivity contribution in [2.75, 3.05) is 40.5 Å². The summed E-state index contributed by atoms with van der Waals surface area (Å²) in [5.74, 6) is -0.799. The van der Waals surface area contributed by atoms with Gasteiger partial charge in [0, 0.05) is 14.1 Å². The van der Waals surface area contributed by atoms with Crippen molar-refractivity contribution in [2.45, 2.75) is 59.5 Å². The number of hydrogen-bond acceptors (Lipinski definition) is 12. The maximum absolute atomic E-state index is 13.0. The van der Waals surface area contributed by atoms with Crippen LogP contribution in [0.2, 0.25) is 0 Å². The van der Waals surface area contributed by atoms with E-state index in [1.54, 1.807) is 14.1 Å². The van der Waals surface area contributed by atoms with Crippen LogP contribution in [0.4, 0.5) is 0 Å². The van der Waals surface area contributed by atoms with Crippen LogP contribution in [0.1, 0.15) is 27.7 Å². The van der Waals surface area contributed by atoms with Crippen LogP contribution in [-0.2, 0) is 28.7 Å². The van der Waals surface area contributed by atoms with Crippen molar-refractivity contribution < 1.29 is 38.1 Å². The average molecular weight is 655 g/mol. The first-order valence-corrected chi connectivity index (χ1v) is 16.4. The molecule has 1 aromatic rings. The average Bonchev–Trinajstić information content (AvgIpc) is 3.68. The van der Waals surface area contributed by atoms with Crippen molar-refractivity contribution in [3.05, 3.63) is 19.6 Å². The predicted octanol–water partition coefficient (Wildman–Crippen LogP) is 3.12. The molecule has 226 valence electrons. The summed E-state index contributed by atoms with van der Waals surface area (Å²) in [5, 5.41) is 2.55. The van der Waals surface area contributed by atoms with E-state index < -0.39 is 23.6 Å². The fraction of sp³-hybridized carbons (Fsp3) is 0.462. The summed E-state index contributed by atoms with van der Waals surface area (Å²) in [4.78, 5) is 53.8. The predicted molar refractivity (Wildman–Crippen MR) is 159 cm³/mol. The van der Waals surface area contributed by atoms with E-state index >= 15 is 0 Å². The van der Waals surface area contributed by atoms with Crippen molar-refractivity contribution in [1.29, 1.82) is 0 Å². The molecule has 0 spiro atoms. The summed E-state index contributed by atoms with van der Waals surface area (Å²) in [6.45, 7) is 8.87. The van der Waals surface area contributed by atoms with Gasteiger partial charge in [-0.25, -0.2) is 0 Å². The molecule has 4 aliphatic rings. The Labute approximate surface area is 259 Å². The van der Waals surface area contributed by atoms with E-state index in [1.165, 1.54) is 57.1 Å². The van der Waals surface area contributed by atoms with Gasteiger partial charge < -0.3 is 18.9 Å². The van der Waals surface area contributed by atoms with Crippen LogP contribution in [0.25, 0.3) is 0 Å². The lowest BCUT2D eigenvalue weighted by Gasteiger charge is -2.18. The Morgan fingerprint density at radius 1 is 0.595 bits per heavy atom. The van der Waals surface area contributed by atoms with E-state index in [1.807, 2.05) is 27.7 Å². The second-order valence-electron chi connectivity index (χ2n) is 9.81. The van der Waals surface area contributed by atoms with E-state index in [0.717, 1.165) is 0 Å². The Hall–Kier alpha value is -2.50. The molecule has 0 aliphatic carbocycles. The zero-order valence-electron chi connectivity index (χ0n) is 23.8. The van der Waals surface area contributed by atoms with Crippen LogP contribution in [0.5, 0.6) is 11.5 Å². The van der Waals surface area contributed by atoms with Crippen molar-refractivity contribution in [3.8, 4) is 11.5 Å². The SMILES string of the molecule is CC(C)OCCOc1c2c(c(OCCOC(C)C)c3c1SC(=C1C(=O)N(C)N(C)C1=O)S3)SC(=C1C(=O)NNC1=O)S2. The summed E-state index contributed by atoms with van der Waals surface area (Å²) >= 11 is 5.03. The van der Waals surface area contributed by atoms with Gasteiger partial charge in [-0.2, -0.15) is 0 Å². The van der Waals surface area contributed by atoms with Gasteiger partial charge in [0.25, 0.3) is 23.6 Å². The Balaban J connectivity index is 1.60. The lowest BCUT2D eigenvalue weighted by Crippen LogP contribution is -2.33. The molecule has 5 rings (SSSR count). The van der Waals surface area contributed by atoms with Crippen LogP contribution < -0.4 is 20.3 Å². The Morgan fingerprint density at radius 3 is 1.31 bits per heavy atom. The molecule has 4 heterocycles. The summed E-state index contributed by atoms with van der Waals surface area (Å²) in [6.07, 6.45) is 0.0355. The molecule has 4 aliphatic heterocycles. The fourth-order valence-electron chi connectivity index (χ4n) is 4.11. The molecule has 2 fully saturated rings. The minimum Gasteiger partial charge on any atom is -0.489 e. The molecule has 2 N–H and O–H groups in total. The van der Waals surface area contributed by atoms with E-state index in [0.29, 0.717) is 52.8 Å². The molecule has 0 bridgehead atoms. The first-order valence-electron chi connectivity index (χ1n) is 13.1. The van der Waals surface area contributed by atoms with Gasteiger partial charge in [-0.15, -0.1) is 0 Å². The van der Waals surface area contributed by atoms with Crippen molar-refractivity contribution >= 4 is 70.7 Å². The third-order valence-electron chi connectivity index (χ3n) is 6.20. The Kier molecular flexibility index (Phi) is 9.30. The summed E-state index contributed by atoms with van der Waals surface area (Å²) < 4.78 is 25.0. The normalized spacial score (nSPS) is 18.2. The number of rotatable bonds is 10. The monoisotopic (exact) mass is 654 g/mol. The quantitative estimate of drug-likeness (QED) is 0.218. The minimum absolute atomic E-state index is 0.0147. The number of fused-ring (bicyclic) bond motifs is 2. The number of thioether (sulfide) groups is 4. The number of ether oxygens (including phenoxy) is 4. The molecule has 12 nitrogen and oxygen atoms in total. The molecule has 4 amide bonds. The van der Waals surface area contributed by atoms with Crippen LogP contribution in [0, 0.1) is 0 Å². The van der Waals surface area contributed by atoms with Crippen molar-refractivity contribution in [2.24, 2.45) is 0 Å². The molecule has 0 radical (unpaired) electrons. The number of carbonyl (C=O) groups is 4. The van der Waals surface area contributed by atoms with Crippen molar-refractivity contribution in [3.63, 3.8) is 0 Å². The molecular formula is C26H30N4O8S4. The maximum atomic E-state index is 13.0. The third kappa shape index (κ3) is 5.84. The third-order valence-corrected chi connectivity index (χ3v) is 11.4. The lowest BCUT2D eigenvalue weighted by atomic mass is 10.3. The molecular weight excluding hydrogens is 625 g/mol. The highest BCUT2D eigenvalue weighted by atomic mass is 32.2. The summed E-state index contributed by atoms with van der Waals surface area (Å²) in [7, 11) is 3.09. The highest BCUT2D eigenvalue weighted by molar-refractivity contribution is 8.26. The van der Waals surface area contributed by atoms with Crippen LogP contribution in [0.3, 0.4) is 0 Å². The highest BCUT2D eigenvalue weighted by Crippen LogP contribution is 2.68. The molecule has 0 saturated carbocycles. The van der Waals surface area contributed by atoms with Gasteiger partial charge in [0.15, 0.2) is 0 Å². The molecule has 0 aromatic heterocycles. The Morgan fingerprint density at radius 2 is 0.952 bits per heavy atom. The van der Waals surface area contributed by atoms with Crippen LogP contribution in [0.15, 0.2) is 39.2 Å². The van der Waals surface area contributed by atoms with E-state index in [4.69, 9.17) is 18.9 Å². The van der Waals surface area contributed by atoms with E-state index in [-0.39, 0.29) is 36.6 Å². The zero-order valence-corrected chi connectivity index (χ0v) is 27.0. The van der Waals surface area contributed by atoms with Crippen LogP contribution >= 0.6 is 47.0 Å². The number of carbonyl (C=O) groups excluding carboxylic acids is 4. The lowest BCUT2D eigenvalue weighted by molar-refractivity contribution is -0.141. The van der Waals surface area contributed by atoms with Gasteiger partial charge in [-0.1, -0.05) is 47.0 Å². The number of hydrogen-bond donors (Lipinski definition) is 2. The molecule has 1 aromatic carbocycles. The molecule has 2 saturated heterocycles. The molecule has 16 heteroatoms. The van der Waals surface area contributed by atoms with Gasteiger partial charge >= 0.3 is 0 Å². The van der Waals surface area contributed by atoms with E-state index in [2.05, 4.69) is 10.9 Å². The number of hydrazine groups is 2. The maximum Gasteiger partial charge on any atom is 0.279 e. The second-order valence-corrected chi connectivity index (χ2v) is 14.4. The number of nitrogens with zero attached hydrogens (tertiary/aromatic N) is 2. The number of benzene rings is 1. The summed E-state index contributed by atoms with van der Waals surface area (Å²) in [5.41, 5.74) is 4.80. The Bertz CT molecular complexity index is 1330. The zero-order chi connectivity index (χ0) is 30.3. The van der Waals surface area contributed by atoms with E-state index in [9.17, 15) is 19.2 Å². The highest BCUT2D eigenvalue weighted by Gasteiger charge is 2.45. The van der Waals surface area contributed by atoms with Gasteiger partial charge in [0.1, 0.15) is 35.9 Å². The van der Waals surface area contributed by atoms with Gasteiger partial charge in [-0.3, -0.25) is 40.0 Å². The van der Waals surface area contributed by atoms with Gasteiger partial charge in [-0.05, 0) is 27.7 Å². The molecule has 0 atom stereocenters. The number of amides is 4.